The third kappa shape index (κ3) is 2.36. The molecule has 2 nitrogen and oxygen atoms in total. The molecule has 0 atom stereocenters. The van der Waals surface area contributed by atoms with Gasteiger partial charge in [-0.2, -0.15) is 0 Å². The number of carbonyl (C=O) groups is 1. The van der Waals surface area contributed by atoms with Crippen molar-refractivity contribution in [2.24, 2.45) is 0 Å². The monoisotopic (exact) mass is 225 g/mol. The summed E-state index contributed by atoms with van der Waals surface area (Å²) < 4.78 is 0. The lowest BCUT2D eigenvalue weighted by Crippen LogP contribution is -2.22. The van der Waals surface area contributed by atoms with E-state index >= 15 is 0 Å². The van der Waals surface area contributed by atoms with Crippen LogP contribution < -0.4 is 5.11 Å². The maximum Gasteiger partial charge on any atom is 0.0715 e. The van der Waals surface area contributed by atoms with E-state index in [9.17, 15) is 9.90 Å². The van der Waals surface area contributed by atoms with Gasteiger partial charge in [0, 0.05) is 0 Å². The second-order valence-electron chi connectivity index (χ2n) is 4.17. The summed E-state index contributed by atoms with van der Waals surface area (Å²) in [5.74, 6) is -1.14. The zero-order chi connectivity index (χ0) is 12.4. The van der Waals surface area contributed by atoms with Crippen molar-refractivity contribution in [3.63, 3.8) is 0 Å². The van der Waals surface area contributed by atoms with Gasteiger partial charge in [0.2, 0.25) is 0 Å². The summed E-state index contributed by atoms with van der Waals surface area (Å²) in [6, 6.07) is 12.9. The van der Waals surface area contributed by atoms with E-state index in [-0.39, 0.29) is 5.56 Å². The van der Waals surface area contributed by atoms with Crippen LogP contribution in [0, 0.1) is 13.8 Å². The molecule has 2 heteroatoms. The van der Waals surface area contributed by atoms with Gasteiger partial charge < -0.3 is 9.90 Å². The summed E-state index contributed by atoms with van der Waals surface area (Å²) >= 11 is 0. The van der Waals surface area contributed by atoms with Gasteiger partial charge in [-0.25, -0.2) is 0 Å². The number of benzene rings is 2. The molecular formula is C15H13O2-. The summed E-state index contributed by atoms with van der Waals surface area (Å²) in [4.78, 5) is 10.8. The molecule has 0 aliphatic carbocycles. The highest BCUT2D eigenvalue weighted by Crippen LogP contribution is 2.22. The van der Waals surface area contributed by atoms with Crippen LogP contribution in [-0.2, 0) is 0 Å². The van der Waals surface area contributed by atoms with Gasteiger partial charge >= 0.3 is 0 Å². The van der Waals surface area contributed by atoms with E-state index in [1.807, 2.05) is 25.1 Å². The number of aryl methyl sites for hydroxylation is 2. The Hall–Kier alpha value is -2.09. The standard InChI is InChI=1S/C15H14O2/c1-10-6-7-13(8-11(10)2)12-4-3-5-14(9-12)15(16)17/h3-9H,1-2H3,(H,16,17)/p-1. The van der Waals surface area contributed by atoms with Crippen molar-refractivity contribution in [2.75, 3.05) is 0 Å². The van der Waals surface area contributed by atoms with Gasteiger partial charge in [0.05, 0.1) is 5.97 Å². The summed E-state index contributed by atoms with van der Waals surface area (Å²) in [5, 5.41) is 10.8. The fourth-order valence-electron chi connectivity index (χ4n) is 1.75. The van der Waals surface area contributed by atoms with Gasteiger partial charge in [0.1, 0.15) is 0 Å². The number of carboxylic acid groups (broad SMARTS) is 1. The molecule has 17 heavy (non-hydrogen) atoms. The fourth-order valence-corrected chi connectivity index (χ4v) is 1.75. The Balaban J connectivity index is 2.49. The van der Waals surface area contributed by atoms with Gasteiger partial charge in [-0.1, -0.05) is 36.4 Å². The van der Waals surface area contributed by atoms with Crippen LogP contribution in [-0.4, -0.2) is 5.97 Å². The van der Waals surface area contributed by atoms with Crippen LogP contribution in [0.1, 0.15) is 21.5 Å². The highest BCUT2D eigenvalue weighted by atomic mass is 16.4. The second-order valence-corrected chi connectivity index (χ2v) is 4.17. The lowest BCUT2D eigenvalue weighted by molar-refractivity contribution is -0.255. The van der Waals surface area contributed by atoms with Gasteiger partial charge in [-0.15, -0.1) is 0 Å². The summed E-state index contributed by atoms with van der Waals surface area (Å²) in [7, 11) is 0. The van der Waals surface area contributed by atoms with Gasteiger partial charge in [0.25, 0.3) is 0 Å². The maximum absolute atomic E-state index is 10.8. The minimum Gasteiger partial charge on any atom is -0.545 e. The number of aromatic carboxylic acids is 1. The number of hydrogen-bond donors (Lipinski definition) is 0. The molecule has 0 radical (unpaired) electrons. The summed E-state index contributed by atoms with van der Waals surface area (Å²) in [5.41, 5.74) is 4.55. The van der Waals surface area contributed by atoms with Crippen LogP contribution in [0.2, 0.25) is 0 Å². The van der Waals surface area contributed by atoms with E-state index in [0.29, 0.717) is 0 Å². The Labute approximate surface area is 101 Å². The Morgan fingerprint density at radius 3 is 2.29 bits per heavy atom. The van der Waals surface area contributed by atoms with Gasteiger partial charge in [0.15, 0.2) is 0 Å². The van der Waals surface area contributed by atoms with Crippen molar-refractivity contribution in [1.82, 2.24) is 0 Å². The SMILES string of the molecule is Cc1ccc(-c2cccc(C(=O)[O-])c2)cc1C. The Bertz CT molecular complexity index is 571. The third-order valence-corrected chi connectivity index (χ3v) is 2.94. The molecule has 0 spiro atoms. The van der Waals surface area contributed by atoms with E-state index in [0.717, 1.165) is 11.1 Å². The molecule has 2 aromatic rings. The molecule has 0 amide bonds. The zero-order valence-corrected chi connectivity index (χ0v) is 9.86. The van der Waals surface area contributed by atoms with Crippen molar-refractivity contribution in [2.45, 2.75) is 13.8 Å². The van der Waals surface area contributed by atoms with Crippen molar-refractivity contribution >= 4 is 5.97 Å². The molecule has 0 fully saturated rings. The van der Waals surface area contributed by atoms with Gasteiger partial charge in [-0.3, -0.25) is 0 Å². The zero-order valence-electron chi connectivity index (χ0n) is 9.86. The molecule has 86 valence electrons. The maximum atomic E-state index is 10.8. The fraction of sp³-hybridized carbons (Fsp3) is 0.133. The van der Waals surface area contributed by atoms with E-state index in [4.69, 9.17) is 0 Å². The molecule has 0 aliphatic rings. The molecule has 0 heterocycles. The predicted molar refractivity (Wildman–Crippen MR) is 65.7 cm³/mol. The van der Waals surface area contributed by atoms with E-state index in [1.165, 1.54) is 11.1 Å². The predicted octanol–water partition coefficient (Wildman–Crippen LogP) is 2.33. The molecule has 0 unspecified atom stereocenters. The largest absolute Gasteiger partial charge is 0.545 e. The first-order valence-electron chi connectivity index (χ1n) is 5.47. The van der Waals surface area contributed by atoms with Crippen LogP contribution in [0.3, 0.4) is 0 Å². The first kappa shape index (κ1) is 11.4. The average Bonchev–Trinajstić information content (AvgIpc) is 2.33. The van der Waals surface area contributed by atoms with Crippen LogP contribution in [0.4, 0.5) is 0 Å². The first-order chi connectivity index (χ1) is 8.08. The van der Waals surface area contributed by atoms with E-state index in [1.54, 1.807) is 18.2 Å². The Morgan fingerprint density at radius 1 is 0.941 bits per heavy atom. The van der Waals surface area contributed by atoms with Crippen molar-refractivity contribution in [3.05, 3.63) is 59.2 Å². The van der Waals surface area contributed by atoms with Crippen LogP contribution in [0.5, 0.6) is 0 Å². The number of carboxylic acids is 1. The van der Waals surface area contributed by atoms with Crippen LogP contribution in [0.15, 0.2) is 42.5 Å². The van der Waals surface area contributed by atoms with Gasteiger partial charge in [-0.05, 0) is 47.7 Å². The molecule has 0 aliphatic heterocycles. The van der Waals surface area contributed by atoms with Crippen LogP contribution >= 0.6 is 0 Å². The Morgan fingerprint density at radius 2 is 1.65 bits per heavy atom. The number of hydrogen-bond acceptors (Lipinski definition) is 2. The molecular weight excluding hydrogens is 212 g/mol. The minimum absolute atomic E-state index is 0.209. The number of carbonyl (C=O) groups excluding carboxylic acids is 1. The summed E-state index contributed by atoms with van der Waals surface area (Å²) in [6.07, 6.45) is 0. The third-order valence-electron chi connectivity index (χ3n) is 2.94. The van der Waals surface area contributed by atoms with Crippen molar-refractivity contribution in [1.29, 1.82) is 0 Å². The first-order valence-corrected chi connectivity index (χ1v) is 5.47. The molecule has 2 rings (SSSR count). The average molecular weight is 225 g/mol. The van der Waals surface area contributed by atoms with Crippen LogP contribution in [0.25, 0.3) is 11.1 Å². The lowest BCUT2D eigenvalue weighted by atomic mass is 9.99. The van der Waals surface area contributed by atoms with E-state index in [2.05, 4.69) is 13.0 Å². The molecule has 0 aromatic heterocycles. The van der Waals surface area contributed by atoms with Crippen molar-refractivity contribution in [3.8, 4) is 11.1 Å². The summed E-state index contributed by atoms with van der Waals surface area (Å²) in [6.45, 7) is 4.10. The topological polar surface area (TPSA) is 40.1 Å². The molecule has 0 bridgehead atoms. The second kappa shape index (κ2) is 4.42. The quantitative estimate of drug-likeness (QED) is 0.787. The molecule has 0 N–H and O–H groups in total. The smallest absolute Gasteiger partial charge is 0.0715 e. The molecule has 0 saturated heterocycles. The Kier molecular flexibility index (Phi) is 2.96. The molecule has 2 aromatic carbocycles. The minimum atomic E-state index is -1.14. The molecule has 0 saturated carbocycles. The lowest BCUT2D eigenvalue weighted by Gasteiger charge is -2.08. The van der Waals surface area contributed by atoms with E-state index < -0.39 is 5.97 Å². The highest BCUT2D eigenvalue weighted by molar-refractivity contribution is 5.87. The van der Waals surface area contributed by atoms with Crippen molar-refractivity contribution < 1.29 is 9.90 Å². The highest BCUT2D eigenvalue weighted by Gasteiger charge is 2.01. The normalized spacial score (nSPS) is 10.2. The number of rotatable bonds is 2.